The Labute approximate surface area is 64.2 Å². The summed E-state index contributed by atoms with van der Waals surface area (Å²) in [5.41, 5.74) is 4.72. The van der Waals surface area contributed by atoms with Crippen LogP contribution >= 0.6 is 0 Å². The smallest absolute Gasteiger partial charge is 0.312 e. The number of likely N-dealkylation sites (N-methyl/N-ethyl adjacent to an activating group) is 1. The summed E-state index contributed by atoms with van der Waals surface area (Å²) >= 11 is 0. The largest absolute Gasteiger partial charge is 0.352 e. The first-order valence-corrected chi connectivity index (χ1v) is 2.92. The molecule has 0 radical (unpaired) electrons. The van der Waals surface area contributed by atoms with Crippen molar-refractivity contribution in [3.63, 3.8) is 0 Å². The number of hydrogen-bond acceptors (Lipinski definition) is 3. The van der Waals surface area contributed by atoms with Gasteiger partial charge in [0.2, 0.25) is 0 Å². The summed E-state index contributed by atoms with van der Waals surface area (Å²) in [5.74, 6) is -0.369. The molecule has 0 saturated carbocycles. The molecule has 0 aliphatic carbocycles. The maximum Gasteiger partial charge on any atom is 0.312 e. The number of urea groups is 1. The Morgan fingerprint density at radius 2 is 2.18 bits per heavy atom. The van der Waals surface area contributed by atoms with Crippen molar-refractivity contribution in [1.29, 1.82) is 0 Å². The highest BCUT2D eigenvalue weighted by atomic mass is 16.7. The molecule has 3 N–H and O–H groups in total. The minimum atomic E-state index is -0.733. The number of nitrogens with zero attached hydrogens (tertiary/aromatic N) is 1. The molecule has 6 nitrogen and oxygen atoms in total. The van der Waals surface area contributed by atoms with Crippen molar-refractivity contribution in [2.24, 2.45) is 5.73 Å². The van der Waals surface area contributed by atoms with Gasteiger partial charge in [-0.2, -0.15) is 0 Å². The minimum absolute atomic E-state index is 0.153. The lowest BCUT2D eigenvalue weighted by molar-refractivity contribution is -0.167. The van der Waals surface area contributed by atoms with E-state index in [0.29, 0.717) is 0 Å². The topological polar surface area (TPSA) is 84.7 Å². The minimum Gasteiger partial charge on any atom is -0.352 e. The molecule has 3 amide bonds. The van der Waals surface area contributed by atoms with Crippen LogP contribution in [0.1, 0.15) is 0 Å². The van der Waals surface area contributed by atoms with Crippen molar-refractivity contribution in [3.05, 3.63) is 0 Å². The zero-order valence-electron chi connectivity index (χ0n) is 6.46. The quantitative estimate of drug-likeness (QED) is 0.503. The number of rotatable bonds is 3. The fraction of sp³-hybridized carbons (Fsp3) is 0.600. The summed E-state index contributed by atoms with van der Waals surface area (Å²) in [4.78, 5) is 25.5. The molecule has 0 aromatic heterocycles. The number of hydroxylamine groups is 2. The Balaban J connectivity index is 3.60. The summed E-state index contributed by atoms with van der Waals surface area (Å²) in [6.07, 6.45) is 0. The van der Waals surface area contributed by atoms with Crippen LogP contribution in [0.25, 0.3) is 0 Å². The highest BCUT2D eigenvalue weighted by Crippen LogP contribution is 1.80. The SMILES string of the molecule is CON(C)C(=O)CNC(N)=O. The van der Waals surface area contributed by atoms with Crippen LogP contribution in [-0.4, -0.2) is 37.7 Å². The number of nitrogens with two attached hydrogens (primary N) is 1. The van der Waals surface area contributed by atoms with E-state index in [1.807, 2.05) is 0 Å². The lowest BCUT2D eigenvalue weighted by atomic mass is 10.6. The van der Waals surface area contributed by atoms with E-state index in [1.54, 1.807) is 0 Å². The van der Waals surface area contributed by atoms with E-state index < -0.39 is 6.03 Å². The van der Waals surface area contributed by atoms with Crippen molar-refractivity contribution in [1.82, 2.24) is 10.4 Å². The second-order valence-electron chi connectivity index (χ2n) is 1.79. The molecule has 64 valence electrons. The van der Waals surface area contributed by atoms with Gasteiger partial charge in [0.25, 0.3) is 5.91 Å². The van der Waals surface area contributed by atoms with Gasteiger partial charge in [-0.25, -0.2) is 9.86 Å². The van der Waals surface area contributed by atoms with Gasteiger partial charge in [0.05, 0.1) is 7.11 Å². The molecule has 0 aliphatic rings. The molecule has 0 bridgehead atoms. The Bertz CT molecular complexity index is 159. The molecule has 0 unspecified atom stereocenters. The van der Waals surface area contributed by atoms with Gasteiger partial charge in [-0.1, -0.05) is 0 Å². The van der Waals surface area contributed by atoms with Gasteiger partial charge in [-0.3, -0.25) is 9.63 Å². The van der Waals surface area contributed by atoms with E-state index >= 15 is 0 Å². The number of carbonyl (C=O) groups excluding carboxylic acids is 2. The van der Waals surface area contributed by atoms with Crippen molar-refractivity contribution in [2.75, 3.05) is 20.7 Å². The second kappa shape index (κ2) is 4.51. The van der Waals surface area contributed by atoms with Gasteiger partial charge in [0, 0.05) is 7.05 Å². The van der Waals surface area contributed by atoms with E-state index in [4.69, 9.17) is 5.73 Å². The maximum atomic E-state index is 10.8. The average Bonchev–Trinajstić information content (AvgIpc) is 1.98. The lowest BCUT2D eigenvalue weighted by Gasteiger charge is -2.12. The maximum absolute atomic E-state index is 10.8. The van der Waals surface area contributed by atoms with Gasteiger partial charge >= 0.3 is 6.03 Å². The normalized spacial score (nSPS) is 8.91. The number of hydrogen-bond donors (Lipinski definition) is 2. The van der Waals surface area contributed by atoms with E-state index in [2.05, 4.69) is 10.2 Å². The van der Waals surface area contributed by atoms with E-state index in [9.17, 15) is 9.59 Å². The van der Waals surface area contributed by atoms with E-state index in [0.717, 1.165) is 5.06 Å². The van der Waals surface area contributed by atoms with Crippen LogP contribution < -0.4 is 11.1 Å². The number of carbonyl (C=O) groups is 2. The number of amides is 3. The van der Waals surface area contributed by atoms with Crippen molar-refractivity contribution < 1.29 is 14.4 Å². The first-order chi connectivity index (χ1) is 5.07. The summed E-state index contributed by atoms with van der Waals surface area (Å²) in [6.45, 7) is -0.153. The molecule has 0 rings (SSSR count). The molecule has 0 aliphatic heterocycles. The first-order valence-electron chi connectivity index (χ1n) is 2.92. The van der Waals surface area contributed by atoms with Crippen LogP contribution in [0.5, 0.6) is 0 Å². The summed E-state index contributed by atoms with van der Waals surface area (Å²) < 4.78 is 0. The fourth-order valence-electron chi connectivity index (χ4n) is 0.376. The third-order valence-corrected chi connectivity index (χ3v) is 1.04. The molecular formula is C5H11N3O3. The van der Waals surface area contributed by atoms with E-state index in [1.165, 1.54) is 14.2 Å². The van der Waals surface area contributed by atoms with Gasteiger partial charge in [-0.05, 0) is 0 Å². The van der Waals surface area contributed by atoms with Gasteiger partial charge < -0.3 is 11.1 Å². The molecule has 0 aromatic carbocycles. The standard InChI is InChI=1S/C5H11N3O3/c1-8(11-2)4(9)3-7-5(6)10/h3H2,1-2H3,(H3,6,7,10). The molecule has 0 aromatic rings. The summed E-state index contributed by atoms with van der Waals surface area (Å²) in [5, 5.41) is 3.12. The zero-order valence-corrected chi connectivity index (χ0v) is 6.46. The van der Waals surface area contributed by atoms with Crippen LogP contribution in [0.2, 0.25) is 0 Å². The fourth-order valence-corrected chi connectivity index (χ4v) is 0.376. The highest BCUT2D eigenvalue weighted by molar-refractivity contribution is 5.82. The van der Waals surface area contributed by atoms with Crippen molar-refractivity contribution in [2.45, 2.75) is 0 Å². The molecule has 0 atom stereocenters. The average molecular weight is 161 g/mol. The third-order valence-electron chi connectivity index (χ3n) is 1.04. The van der Waals surface area contributed by atoms with Crippen LogP contribution in [0.15, 0.2) is 0 Å². The van der Waals surface area contributed by atoms with Crippen LogP contribution in [-0.2, 0) is 9.63 Å². The first kappa shape index (κ1) is 9.70. The molecule has 0 fully saturated rings. The van der Waals surface area contributed by atoms with Gasteiger partial charge in [0.1, 0.15) is 6.54 Å². The molecule has 0 spiro atoms. The molecule has 0 heterocycles. The van der Waals surface area contributed by atoms with Crippen LogP contribution in [0, 0.1) is 0 Å². The van der Waals surface area contributed by atoms with Crippen LogP contribution in [0.3, 0.4) is 0 Å². The summed E-state index contributed by atoms with van der Waals surface area (Å²) in [7, 11) is 2.78. The van der Waals surface area contributed by atoms with Crippen molar-refractivity contribution in [3.8, 4) is 0 Å². The zero-order chi connectivity index (χ0) is 8.85. The van der Waals surface area contributed by atoms with Crippen molar-refractivity contribution >= 4 is 11.9 Å². The van der Waals surface area contributed by atoms with E-state index in [-0.39, 0.29) is 12.5 Å². The third kappa shape index (κ3) is 4.15. The summed E-state index contributed by atoms with van der Waals surface area (Å²) in [6, 6.07) is -0.733. The predicted octanol–water partition coefficient (Wildman–Crippen LogP) is -1.33. The monoisotopic (exact) mass is 161 g/mol. The Kier molecular flexibility index (Phi) is 3.97. The second-order valence-corrected chi connectivity index (χ2v) is 1.79. The van der Waals surface area contributed by atoms with Crippen LogP contribution in [0.4, 0.5) is 4.79 Å². The molecule has 0 saturated heterocycles. The molecule has 6 heteroatoms. The lowest BCUT2D eigenvalue weighted by Crippen LogP contribution is -2.39. The Morgan fingerprint density at radius 3 is 2.55 bits per heavy atom. The van der Waals surface area contributed by atoms with Gasteiger partial charge in [0.15, 0.2) is 0 Å². The Hall–Kier alpha value is -1.30. The molecule has 11 heavy (non-hydrogen) atoms. The molecular weight excluding hydrogens is 150 g/mol. The highest BCUT2D eigenvalue weighted by Gasteiger charge is 2.06. The van der Waals surface area contributed by atoms with Gasteiger partial charge in [-0.15, -0.1) is 0 Å². The number of nitrogens with one attached hydrogen (secondary N) is 1. The number of primary amides is 1. The predicted molar refractivity (Wildman–Crippen MR) is 37.4 cm³/mol. The Morgan fingerprint density at radius 1 is 1.64 bits per heavy atom.